The van der Waals surface area contributed by atoms with Crippen LogP contribution < -0.4 is 5.32 Å². The number of benzene rings is 1. The molecule has 0 saturated heterocycles. The van der Waals surface area contributed by atoms with Crippen molar-refractivity contribution in [3.63, 3.8) is 0 Å². The summed E-state index contributed by atoms with van der Waals surface area (Å²) in [4.78, 5) is 22.7. The molecule has 1 aromatic carbocycles. The first kappa shape index (κ1) is 17.1. The van der Waals surface area contributed by atoms with Crippen molar-refractivity contribution in [2.24, 2.45) is 5.92 Å². The fourth-order valence-corrected chi connectivity index (χ4v) is 1.91. The Kier molecular flexibility index (Phi) is 6.27. The van der Waals surface area contributed by atoms with Crippen LogP contribution in [0.2, 0.25) is 0 Å². The lowest BCUT2D eigenvalue weighted by Gasteiger charge is -2.16. The number of aliphatic carboxylic acids is 1. The molecular weight excluding hydrogens is 280 g/mol. The van der Waals surface area contributed by atoms with Gasteiger partial charge in [0.1, 0.15) is 6.04 Å². The second-order valence-corrected chi connectivity index (χ2v) is 5.34. The van der Waals surface area contributed by atoms with Crippen LogP contribution in [0.1, 0.15) is 32.3 Å². The highest BCUT2D eigenvalue weighted by atomic mass is 19.2. The van der Waals surface area contributed by atoms with E-state index in [4.69, 9.17) is 5.11 Å². The molecular formula is C15H19F2NO3. The van der Waals surface area contributed by atoms with E-state index in [9.17, 15) is 18.4 Å². The van der Waals surface area contributed by atoms with Gasteiger partial charge in [0.2, 0.25) is 5.91 Å². The van der Waals surface area contributed by atoms with Gasteiger partial charge in [-0.3, -0.25) is 4.79 Å². The van der Waals surface area contributed by atoms with Crippen molar-refractivity contribution in [3.05, 3.63) is 35.4 Å². The van der Waals surface area contributed by atoms with Crippen molar-refractivity contribution in [1.82, 2.24) is 5.32 Å². The fourth-order valence-electron chi connectivity index (χ4n) is 1.91. The molecule has 0 aromatic heterocycles. The first-order chi connectivity index (χ1) is 9.79. The van der Waals surface area contributed by atoms with Crippen LogP contribution in [0.15, 0.2) is 18.2 Å². The number of carboxylic acids is 1. The zero-order valence-electron chi connectivity index (χ0n) is 12.0. The Bertz CT molecular complexity index is 518. The molecule has 0 aliphatic heterocycles. The molecule has 21 heavy (non-hydrogen) atoms. The Hall–Kier alpha value is -1.98. The van der Waals surface area contributed by atoms with Gasteiger partial charge in [0, 0.05) is 6.42 Å². The number of amides is 1. The van der Waals surface area contributed by atoms with Crippen molar-refractivity contribution in [2.75, 3.05) is 0 Å². The summed E-state index contributed by atoms with van der Waals surface area (Å²) in [6.07, 6.45) is 0.580. The van der Waals surface area contributed by atoms with E-state index in [0.29, 0.717) is 12.0 Å². The van der Waals surface area contributed by atoms with Crippen molar-refractivity contribution in [3.8, 4) is 0 Å². The summed E-state index contributed by atoms with van der Waals surface area (Å²) >= 11 is 0. The zero-order valence-corrected chi connectivity index (χ0v) is 12.0. The van der Waals surface area contributed by atoms with Crippen molar-refractivity contribution in [2.45, 2.75) is 39.2 Å². The van der Waals surface area contributed by atoms with E-state index in [-0.39, 0.29) is 18.8 Å². The Morgan fingerprint density at radius 3 is 2.43 bits per heavy atom. The second-order valence-electron chi connectivity index (χ2n) is 5.34. The average molecular weight is 299 g/mol. The monoisotopic (exact) mass is 299 g/mol. The van der Waals surface area contributed by atoms with Crippen LogP contribution in [0.3, 0.4) is 0 Å². The molecule has 1 rings (SSSR count). The highest BCUT2D eigenvalue weighted by Gasteiger charge is 2.20. The number of carboxylic acid groups (broad SMARTS) is 1. The Morgan fingerprint density at radius 1 is 1.24 bits per heavy atom. The first-order valence-electron chi connectivity index (χ1n) is 6.75. The minimum atomic E-state index is -1.08. The molecule has 0 radical (unpaired) electrons. The third-order valence-corrected chi connectivity index (χ3v) is 2.97. The summed E-state index contributed by atoms with van der Waals surface area (Å²) in [5.41, 5.74) is 0.486. The molecule has 6 heteroatoms. The molecule has 1 aromatic rings. The highest BCUT2D eigenvalue weighted by Crippen LogP contribution is 2.11. The van der Waals surface area contributed by atoms with Crippen LogP contribution in [0, 0.1) is 17.6 Å². The summed E-state index contributed by atoms with van der Waals surface area (Å²) in [6, 6.07) is 2.50. The Morgan fingerprint density at radius 2 is 1.90 bits per heavy atom. The molecule has 0 aliphatic carbocycles. The largest absolute Gasteiger partial charge is 0.480 e. The van der Waals surface area contributed by atoms with Gasteiger partial charge in [-0.05, 0) is 36.5 Å². The van der Waals surface area contributed by atoms with Crippen molar-refractivity contribution >= 4 is 11.9 Å². The third kappa shape index (κ3) is 5.89. The molecule has 2 N–H and O–H groups in total. The van der Waals surface area contributed by atoms with Gasteiger partial charge in [-0.15, -0.1) is 0 Å². The van der Waals surface area contributed by atoms with Gasteiger partial charge < -0.3 is 10.4 Å². The molecule has 0 heterocycles. The van der Waals surface area contributed by atoms with Gasteiger partial charge >= 0.3 is 5.97 Å². The summed E-state index contributed by atoms with van der Waals surface area (Å²) in [6.45, 7) is 3.73. The standard InChI is InChI=1S/C15H19F2NO3/c1-9(2)7-13(15(20)21)18-14(19)6-4-10-3-5-11(16)12(17)8-10/h3,5,8-9,13H,4,6-7H2,1-2H3,(H,18,19)(H,20,21)/t13-/m0/s1. The van der Waals surface area contributed by atoms with Crippen LogP contribution in [0.4, 0.5) is 8.78 Å². The molecule has 1 amide bonds. The summed E-state index contributed by atoms with van der Waals surface area (Å²) in [5.74, 6) is -3.27. The minimum Gasteiger partial charge on any atom is -0.480 e. The lowest BCUT2D eigenvalue weighted by molar-refractivity contribution is -0.142. The van der Waals surface area contributed by atoms with Crippen LogP contribution in [-0.4, -0.2) is 23.0 Å². The maximum atomic E-state index is 13.0. The molecule has 0 saturated carbocycles. The lowest BCUT2D eigenvalue weighted by atomic mass is 10.0. The summed E-state index contributed by atoms with van der Waals surface area (Å²) < 4.78 is 25.8. The van der Waals surface area contributed by atoms with E-state index in [0.717, 1.165) is 12.1 Å². The summed E-state index contributed by atoms with van der Waals surface area (Å²) in [5, 5.41) is 11.5. The van der Waals surface area contributed by atoms with Gasteiger partial charge in [0.25, 0.3) is 0 Å². The van der Waals surface area contributed by atoms with E-state index >= 15 is 0 Å². The molecule has 0 bridgehead atoms. The fraction of sp³-hybridized carbons (Fsp3) is 0.467. The zero-order chi connectivity index (χ0) is 16.0. The molecule has 0 spiro atoms. The molecule has 0 aliphatic rings. The SMILES string of the molecule is CC(C)C[C@H](NC(=O)CCc1ccc(F)c(F)c1)C(=O)O. The quantitative estimate of drug-likeness (QED) is 0.813. The van der Waals surface area contributed by atoms with Crippen molar-refractivity contribution in [1.29, 1.82) is 0 Å². The Balaban J connectivity index is 2.52. The molecule has 4 nitrogen and oxygen atoms in total. The van der Waals surface area contributed by atoms with Crippen LogP contribution in [0.5, 0.6) is 0 Å². The summed E-state index contributed by atoms with van der Waals surface area (Å²) in [7, 11) is 0. The number of aryl methyl sites for hydroxylation is 1. The smallest absolute Gasteiger partial charge is 0.326 e. The minimum absolute atomic E-state index is 0.0208. The third-order valence-electron chi connectivity index (χ3n) is 2.97. The molecule has 0 fully saturated rings. The van der Waals surface area contributed by atoms with Crippen LogP contribution in [0.25, 0.3) is 0 Å². The van der Waals surface area contributed by atoms with Crippen molar-refractivity contribution < 1.29 is 23.5 Å². The molecule has 116 valence electrons. The molecule has 0 unspecified atom stereocenters. The van der Waals surface area contributed by atoms with E-state index < -0.39 is 29.6 Å². The number of hydrogen-bond donors (Lipinski definition) is 2. The lowest BCUT2D eigenvalue weighted by Crippen LogP contribution is -2.41. The van der Waals surface area contributed by atoms with Gasteiger partial charge in [0.05, 0.1) is 0 Å². The average Bonchev–Trinajstić information content (AvgIpc) is 2.38. The van der Waals surface area contributed by atoms with E-state index in [1.165, 1.54) is 6.07 Å². The number of rotatable bonds is 7. The normalized spacial score (nSPS) is 12.2. The van der Waals surface area contributed by atoms with Gasteiger partial charge in [-0.1, -0.05) is 19.9 Å². The highest BCUT2D eigenvalue weighted by molar-refractivity contribution is 5.83. The van der Waals surface area contributed by atoms with E-state index in [1.54, 1.807) is 0 Å². The van der Waals surface area contributed by atoms with E-state index in [2.05, 4.69) is 5.32 Å². The van der Waals surface area contributed by atoms with E-state index in [1.807, 2.05) is 13.8 Å². The number of carbonyl (C=O) groups is 2. The predicted molar refractivity (Wildman–Crippen MR) is 73.7 cm³/mol. The maximum Gasteiger partial charge on any atom is 0.326 e. The second kappa shape index (κ2) is 7.71. The van der Waals surface area contributed by atoms with Crippen LogP contribution >= 0.6 is 0 Å². The van der Waals surface area contributed by atoms with Crippen LogP contribution in [-0.2, 0) is 16.0 Å². The molecule has 1 atom stereocenters. The maximum absolute atomic E-state index is 13.0. The number of carbonyl (C=O) groups excluding carboxylic acids is 1. The number of halogens is 2. The van der Waals surface area contributed by atoms with Gasteiger partial charge in [-0.25, -0.2) is 13.6 Å². The number of hydrogen-bond acceptors (Lipinski definition) is 2. The predicted octanol–water partition coefficient (Wildman–Crippen LogP) is 2.51. The van der Waals surface area contributed by atoms with Gasteiger partial charge in [0.15, 0.2) is 11.6 Å². The first-order valence-corrected chi connectivity index (χ1v) is 6.75. The topological polar surface area (TPSA) is 66.4 Å². The van der Waals surface area contributed by atoms with Gasteiger partial charge in [-0.2, -0.15) is 0 Å². The Labute approximate surface area is 122 Å². The number of nitrogens with one attached hydrogen (secondary N) is 1.